The zero-order chi connectivity index (χ0) is 13.4. The van der Waals surface area contributed by atoms with Gasteiger partial charge in [0.2, 0.25) is 0 Å². The van der Waals surface area contributed by atoms with Crippen LogP contribution in [0.1, 0.15) is 37.9 Å². The average Bonchev–Trinajstić information content (AvgIpc) is 2.37. The number of aromatic nitrogens is 1. The normalized spacial score (nSPS) is 12.1. The van der Waals surface area contributed by atoms with E-state index < -0.39 is 0 Å². The molecule has 18 heavy (non-hydrogen) atoms. The highest BCUT2D eigenvalue weighted by Gasteiger charge is 2.02. The molecule has 1 heterocycles. The van der Waals surface area contributed by atoms with Crippen LogP contribution in [0.25, 0.3) is 0 Å². The zero-order valence-electron chi connectivity index (χ0n) is 11.0. The van der Waals surface area contributed by atoms with Crippen LogP contribution in [0.3, 0.4) is 0 Å². The third-order valence-electron chi connectivity index (χ3n) is 2.53. The van der Waals surface area contributed by atoms with Gasteiger partial charge in [-0.3, -0.25) is 4.98 Å². The molecule has 0 saturated carbocycles. The maximum Gasteiger partial charge on any atom is 0.188 e. The summed E-state index contributed by atoms with van der Waals surface area (Å²) in [5.41, 5.74) is 6.90. The Labute approximate surface area is 108 Å². The second-order valence-corrected chi connectivity index (χ2v) is 4.62. The van der Waals surface area contributed by atoms with E-state index in [1.165, 1.54) is 6.42 Å². The Morgan fingerprint density at radius 2 is 2.33 bits per heavy atom. The van der Waals surface area contributed by atoms with Crippen LogP contribution in [0.5, 0.6) is 0 Å². The Morgan fingerprint density at radius 3 is 3.00 bits per heavy atom. The third kappa shape index (κ3) is 5.14. The fourth-order valence-corrected chi connectivity index (χ4v) is 1.54. The van der Waals surface area contributed by atoms with E-state index in [4.69, 9.17) is 15.7 Å². The van der Waals surface area contributed by atoms with Crippen molar-refractivity contribution < 1.29 is 9.94 Å². The van der Waals surface area contributed by atoms with E-state index in [9.17, 15) is 0 Å². The number of nitrogens with zero attached hydrogens (tertiary/aromatic N) is 2. The van der Waals surface area contributed by atoms with Gasteiger partial charge in [-0.15, -0.1) is 0 Å². The quantitative estimate of drug-likeness (QED) is 0.256. The van der Waals surface area contributed by atoms with Crippen molar-refractivity contribution in [1.82, 2.24) is 4.98 Å². The lowest BCUT2D eigenvalue weighted by Crippen LogP contribution is -2.15. The Balaban J connectivity index is 2.39. The Kier molecular flexibility index (Phi) is 6.14. The van der Waals surface area contributed by atoms with Crippen LogP contribution in [0.15, 0.2) is 23.5 Å². The van der Waals surface area contributed by atoms with Gasteiger partial charge in [0.05, 0.1) is 6.61 Å². The largest absolute Gasteiger partial charge is 0.409 e. The van der Waals surface area contributed by atoms with Crippen LogP contribution in [0.4, 0.5) is 0 Å². The third-order valence-corrected chi connectivity index (χ3v) is 2.53. The molecule has 0 aliphatic rings. The number of amidine groups is 1. The summed E-state index contributed by atoms with van der Waals surface area (Å²) >= 11 is 0. The van der Waals surface area contributed by atoms with Gasteiger partial charge in [-0.05, 0) is 36.5 Å². The van der Waals surface area contributed by atoms with Crippen molar-refractivity contribution in [2.24, 2.45) is 16.8 Å². The molecule has 0 aliphatic carbocycles. The molecule has 5 heteroatoms. The summed E-state index contributed by atoms with van der Waals surface area (Å²) in [6, 6.07) is 3.62. The summed E-state index contributed by atoms with van der Waals surface area (Å²) in [5, 5.41) is 11.5. The van der Waals surface area contributed by atoms with Crippen LogP contribution >= 0.6 is 0 Å². The van der Waals surface area contributed by atoms with Gasteiger partial charge in [-0.2, -0.15) is 0 Å². The first-order chi connectivity index (χ1) is 8.63. The molecule has 5 nitrogen and oxygen atoms in total. The number of nitrogens with two attached hydrogens (primary N) is 1. The van der Waals surface area contributed by atoms with Crippen LogP contribution in [0, 0.1) is 5.92 Å². The van der Waals surface area contributed by atoms with E-state index >= 15 is 0 Å². The second-order valence-electron chi connectivity index (χ2n) is 4.62. The summed E-state index contributed by atoms with van der Waals surface area (Å²) < 4.78 is 5.57. The lowest BCUT2D eigenvalue weighted by atomic mass is 10.1. The van der Waals surface area contributed by atoms with Gasteiger partial charge in [-0.1, -0.05) is 19.0 Å². The zero-order valence-corrected chi connectivity index (χ0v) is 11.0. The first-order valence-corrected chi connectivity index (χ1v) is 6.14. The van der Waals surface area contributed by atoms with E-state index in [-0.39, 0.29) is 5.84 Å². The molecule has 0 radical (unpaired) electrons. The van der Waals surface area contributed by atoms with Gasteiger partial charge in [0, 0.05) is 12.8 Å². The van der Waals surface area contributed by atoms with Gasteiger partial charge in [0.15, 0.2) is 5.84 Å². The molecule has 1 aromatic heterocycles. The number of rotatable bonds is 7. The minimum absolute atomic E-state index is 0.0108. The summed E-state index contributed by atoms with van der Waals surface area (Å²) in [7, 11) is 0. The van der Waals surface area contributed by atoms with Crippen molar-refractivity contribution in [3.63, 3.8) is 0 Å². The van der Waals surface area contributed by atoms with Crippen LogP contribution in [-0.2, 0) is 11.3 Å². The average molecular weight is 251 g/mol. The standard InChI is InChI=1S/C13H21N3O2/c1-10(2)4-3-7-18-9-11-5-6-15-12(8-11)13(14)16-17/h5-6,8,10,17H,3-4,7,9H2,1-2H3,(H2,14,16). The van der Waals surface area contributed by atoms with Crippen LogP contribution in [0.2, 0.25) is 0 Å². The Bertz CT molecular complexity index is 392. The summed E-state index contributed by atoms with van der Waals surface area (Å²) in [6.45, 7) is 5.67. The second kappa shape index (κ2) is 7.66. The molecule has 1 rings (SSSR count). The van der Waals surface area contributed by atoms with E-state index in [1.54, 1.807) is 12.3 Å². The highest BCUT2D eigenvalue weighted by molar-refractivity contribution is 5.95. The van der Waals surface area contributed by atoms with Gasteiger partial charge in [0.1, 0.15) is 5.69 Å². The molecular weight excluding hydrogens is 230 g/mol. The first-order valence-electron chi connectivity index (χ1n) is 6.14. The number of oxime groups is 1. The fraction of sp³-hybridized carbons (Fsp3) is 0.538. The molecule has 100 valence electrons. The molecule has 0 aromatic carbocycles. The van der Waals surface area contributed by atoms with E-state index in [0.29, 0.717) is 18.2 Å². The molecule has 0 bridgehead atoms. The maximum atomic E-state index is 8.57. The van der Waals surface area contributed by atoms with Gasteiger partial charge < -0.3 is 15.7 Å². The minimum Gasteiger partial charge on any atom is -0.409 e. The lowest BCUT2D eigenvalue weighted by Gasteiger charge is -2.07. The van der Waals surface area contributed by atoms with Crippen molar-refractivity contribution in [2.45, 2.75) is 33.3 Å². The Hall–Kier alpha value is -1.62. The molecule has 0 saturated heterocycles. The molecule has 0 unspecified atom stereocenters. The number of pyridine rings is 1. The van der Waals surface area contributed by atoms with Crippen molar-refractivity contribution in [2.75, 3.05) is 6.61 Å². The number of hydrogen-bond donors (Lipinski definition) is 2. The van der Waals surface area contributed by atoms with E-state index in [1.807, 2.05) is 6.07 Å². The maximum absolute atomic E-state index is 8.57. The van der Waals surface area contributed by atoms with Gasteiger partial charge in [-0.25, -0.2) is 0 Å². The molecular formula is C13H21N3O2. The van der Waals surface area contributed by atoms with Crippen molar-refractivity contribution in [1.29, 1.82) is 0 Å². The lowest BCUT2D eigenvalue weighted by molar-refractivity contribution is 0.115. The smallest absolute Gasteiger partial charge is 0.188 e. The highest BCUT2D eigenvalue weighted by atomic mass is 16.5. The predicted molar refractivity (Wildman–Crippen MR) is 70.5 cm³/mol. The van der Waals surface area contributed by atoms with Crippen molar-refractivity contribution >= 4 is 5.84 Å². The van der Waals surface area contributed by atoms with Crippen molar-refractivity contribution in [3.8, 4) is 0 Å². The molecule has 3 N–H and O–H groups in total. The number of ether oxygens (including phenoxy) is 1. The molecule has 1 aromatic rings. The topological polar surface area (TPSA) is 80.7 Å². The molecule has 0 spiro atoms. The summed E-state index contributed by atoms with van der Waals surface area (Å²) in [4.78, 5) is 4.01. The van der Waals surface area contributed by atoms with Crippen LogP contribution < -0.4 is 5.73 Å². The highest BCUT2D eigenvalue weighted by Crippen LogP contribution is 2.06. The SMILES string of the molecule is CC(C)CCCOCc1ccnc(C(N)=NO)c1. The molecule has 0 amide bonds. The van der Waals surface area contributed by atoms with Gasteiger partial charge >= 0.3 is 0 Å². The summed E-state index contributed by atoms with van der Waals surface area (Å²) in [6.07, 6.45) is 3.86. The van der Waals surface area contributed by atoms with Crippen LogP contribution in [-0.4, -0.2) is 22.6 Å². The molecule has 0 atom stereocenters. The molecule has 0 fully saturated rings. The molecule has 0 aliphatic heterocycles. The monoisotopic (exact) mass is 251 g/mol. The minimum atomic E-state index is 0.0108. The first kappa shape index (κ1) is 14.4. The Morgan fingerprint density at radius 1 is 1.56 bits per heavy atom. The fourth-order valence-electron chi connectivity index (χ4n) is 1.54. The van der Waals surface area contributed by atoms with Crippen molar-refractivity contribution in [3.05, 3.63) is 29.6 Å². The predicted octanol–water partition coefficient (Wildman–Crippen LogP) is 2.13. The van der Waals surface area contributed by atoms with E-state index in [0.717, 1.165) is 18.6 Å². The van der Waals surface area contributed by atoms with E-state index in [2.05, 4.69) is 24.0 Å². The van der Waals surface area contributed by atoms with Gasteiger partial charge in [0.25, 0.3) is 0 Å². The summed E-state index contributed by atoms with van der Waals surface area (Å²) in [5.74, 6) is 0.721. The number of hydrogen-bond acceptors (Lipinski definition) is 4.